The zero-order chi connectivity index (χ0) is 13.8. The van der Waals surface area contributed by atoms with Crippen LogP contribution >= 0.6 is 12.4 Å². The Morgan fingerprint density at radius 3 is 2.90 bits per heavy atom. The van der Waals surface area contributed by atoms with Crippen molar-refractivity contribution in [1.82, 2.24) is 10.6 Å². The summed E-state index contributed by atoms with van der Waals surface area (Å²) in [5.41, 5.74) is 2.09. The van der Waals surface area contributed by atoms with E-state index < -0.39 is 0 Å². The standard InChI is InChI=1S/C14H20N2O3.ClH/c1-9-4-10-5-12(18-3)11(6-13(10)19-9)7-16-14(17)8-15-2;/h5-6,9,15H,4,7-8H2,1-3H3,(H,16,17);1H. The summed E-state index contributed by atoms with van der Waals surface area (Å²) in [6, 6.07) is 3.95. The van der Waals surface area contributed by atoms with E-state index in [2.05, 4.69) is 10.6 Å². The van der Waals surface area contributed by atoms with E-state index in [1.54, 1.807) is 14.2 Å². The number of carbonyl (C=O) groups is 1. The van der Waals surface area contributed by atoms with Crippen molar-refractivity contribution in [2.75, 3.05) is 20.7 Å². The first-order valence-corrected chi connectivity index (χ1v) is 6.41. The van der Waals surface area contributed by atoms with E-state index in [0.29, 0.717) is 13.1 Å². The van der Waals surface area contributed by atoms with Crippen LogP contribution in [0.15, 0.2) is 12.1 Å². The van der Waals surface area contributed by atoms with E-state index in [1.807, 2.05) is 19.1 Å². The Labute approximate surface area is 125 Å². The molecule has 1 amide bonds. The van der Waals surface area contributed by atoms with Gasteiger partial charge in [-0.05, 0) is 26.1 Å². The number of likely N-dealkylation sites (N-methyl/N-ethyl adjacent to an activating group) is 1. The maximum Gasteiger partial charge on any atom is 0.234 e. The van der Waals surface area contributed by atoms with Crippen molar-refractivity contribution in [1.29, 1.82) is 0 Å². The quantitative estimate of drug-likeness (QED) is 0.860. The molecule has 2 N–H and O–H groups in total. The number of hydrogen-bond donors (Lipinski definition) is 2. The van der Waals surface area contributed by atoms with Crippen molar-refractivity contribution in [2.45, 2.75) is 26.0 Å². The SMILES string of the molecule is CNCC(=O)NCc1cc2c(cc1OC)CC(C)O2.Cl. The fourth-order valence-electron chi connectivity index (χ4n) is 2.23. The summed E-state index contributed by atoms with van der Waals surface area (Å²) in [6.45, 7) is 2.79. The molecule has 0 aromatic heterocycles. The van der Waals surface area contributed by atoms with Crippen molar-refractivity contribution >= 4 is 18.3 Å². The number of hydrogen-bond acceptors (Lipinski definition) is 4. The molecular weight excluding hydrogens is 280 g/mol. The highest BCUT2D eigenvalue weighted by molar-refractivity contribution is 5.85. The number of nitrogens with one attached hydrogen (secondary N) is 2. The molecule has 1 heterocycles. The smallest absolute Gasteiger partial charge is 0.234 e. The molecule has 0 aliphatic carbocycles. The number of amides is 1. The Morgan fingerprint density at radius 2 is 2.25 bits per heavy atom. The van der Waals surface area contributed by atoms with Crippen LogP contribution in [0.3, 0.4) is 0 Å². The minimum atomic E-state index is -0.0423. The van der Waals surface area contributed by atoms with Gasteiger partial charge < -0.3 is 20.1 Å². The third-order valence-electron chi connectivity index (χ3n) is 3.11. The molecule has 20 heavy (non-hydrogen) atoms. The van der Waals surface area contributed by atoms with Gasteiger partial charge in [0.05, 0.1) is 13.7 Å². The summed E-state index contributed by atoms with van der Waals surface area (Å²) in [7, 11) is 3.38. The van der Waals surface area contributed by atoms with E-state index >= 15 is 0 Å². The van der Waals surface area contributed by atoms with Gasteiger partial charge in [-0.15, -0.1) is 12.4 Å². The van der Waals surface area contributed by atoms with E-state index in [4.69, 9.17) is 9.47 Å². The maximum atomic E-state index is 11.5. The molecule has 1 aromatic rings. The van der Waals surface area contributed by atoms with E-state index in [0.717, 1.165) is 29.0 Å². The number of carbonyl (C=O) groups excluding carboxylic acids is 1. The first kappa shape index (κ1) is 16.6. The lowest BCUT2D eigenvalue weighted by molar-refractivity contribution is -0.120. The number of benzene rings is 1. The molecule has 0 fully saturated rings. The monoisotopic (exact) mass is 300 g/mol. The van der Waals surface area contributed by atoms with Gasteiger partial charge in [0.2, 0.25) is 5.91 Å². The van der Waals surface area contributed by atoms with E-state index in [9.17, 15) is 4.79 Å². The van der Waals surface area contributed by atoms with Gasteiger partial charge in [-0.2, -0.15) is 0 Å². The molecule has 0 saturated heterocycles. The van der Waals surface area contributed by atoms with Crippen LogP contribution in [0, 0.1) is 0 Å². The first-order valence-electron chi connectivity index (χ1n) is 6.41. The van der Waals surface area contributed by atoms with Gasteiger partial charge in [-0.1, -0.05) is 0 Å². The zero-order valence-electron chi connectivity index (χ0n) is 12.0. The summed E-state index contributed by atoms with van der Waals surface area (Å²) in [6.07, 6.45) is 1.10. The highest BCUT2D eigenvalue weighted by atomic mass is 35.5. The van der Waals surface area contributed by atoms with Crippen LogP contribution in [0.2, 0.25) is 0 Å². The van der Waals surface area contributed by atoms with Gasteiger partial charge >= 0.3 is 0 Å². The highest BCUT2D eigenvalue weighted by Gasteiger charge is 2.21. The zero-order valence-corrected chi connectivity index (χ0v) is 12.8. The number of rotatable bonds is 5. The van der Waals surface area contributed by atoms with Crippen LogP contribution in [0.1, 0.15) is 18.1 Å². The van der Waals surface area contributed by atoms with Crippen LogP contribution in [0.25, 0.3) is 0 Å². The van der Waals surface area contributed by atoms with Crippen LogP contribution in [-0.2, 0) is 17.8 Å². The van der Waals surface area contributed by atoms with Crippen molar-refractivity contribution in [2.24, 2.45) is 0 Å². The lowest BCUT2D eigenvalue weighted by Crippen LogP contribution is -2.31. The van der Waals surface area contributed by atoms with Gasteiger partial charge in [-0.25, -0.2) is 0 Å². The van der Waals surface area contributed by atoms with Crippen LogP contribution in [0.5, 0.6) is 11.5 Å². The second kappa shape index (κ2) is 7.36. The average Bonchev–Trinajstić information content (AvgIpc) is 2.74. The Balaban J connectivity index is 0.00000200. The normalized spacial score (nSPS) is 15.8. The Kier molecular flexibility index (Phi) is 6.10. The van der Waals surface area contributed by atoms with Gasteiger partial charge in [0.1, 0.15) is 17.6 Å². The van der Waals surface area contributed by atoms with Crippen molar-refractivity contribution in [3.63, 3.8) is 0 Å². The highest BCUT2D eigenvalue weighted by Crippen LogP contribution is 2.34. The molecule has 6 heteroatoms. The third-order valence-corrected chi connectivity index (χ3v) is 3.11. The predicted octanol–water partition coefficient (Wildman–Crippen LogP) is 1.28. The van der Waals surface area contributed by atoms with E-state index in [1.165, 1.54) is 0 Å². The number of fused-ring (bicyclic) bond motifs is 1. The molecule has 1 atom stereocenters. The lowest BCUT2D eigenvalue weighted by Gasteiger charge is -2.12. The molecule has 0 radical (unpaired) electrons. The molecule has 0 saturated carbocycles. The van der Waals surface area contributed by atoms with Gasteiger partial charge in [0, 0.05) is 24.1 Å². The summed E-state index contributed by atoms with van der Waals surface area (Å²) in [5, 5.41) is 5.65. The van der Waals surface area contributed by atoms with Crippen LogP contribution in [-0.4, -0.2) is 32.7 Å². The van der Waals surface area contributed by atoms with Gasteiger partial charge in [0.15, 0.2) is 0 Å². The minimum absolute atomic E-state index is 0. The van der Waals surface area contributed by atoms with Crippen LogP contribution in [0.4, 0.5) is 0 Å². The van der Waals surface area contributed by atoms with Gasteiger partial charge in [-0.3, -0.25) is 4.79 Å². The number of methoxy groups -OCH3 is 1. The molecule has 1 aromatic carbocycles. The minimum Gasteiger partial charge on any atom is -0.496 e. The van der Waals surface area contributed by atoms with Crippen molar-refractivity contribution < 1.29 is 14.3 Å². The second-order valence-corrected chi connectivity index (χ2v) is 4.71. The third kappa shape index (κ3) is 3.77. The molecule has 1 aliphatic heterocycles. The lowest BCUT2D eigenvalue weighted by atomic mass is 10.1. The fraction of sp³-hybridized carbons (Fsp3) is 0.500. The molecule has 1 unspecified atom stereocenters. The van der Waals surface area contributed by atoms with Gasteiger partial charge in [0.25, 0.3) is 0 Å². The Bertz CT molecular complexity index is 480. The fourth-order valence-corrected chi connectivity index (χ4v) is 2.23. The molecule has 0 bridgehead atoms. The summed E-state index contributed by atoms with van der Waals surface area (Å²) in [4.78, 5) is 11.5. The first-order chi connectivity index (χ1) is 9.13. The van der Waals surface area contributed by atoms with Crippen molar-refractivity contribution in [3.8, 4) is 11.5 Å². The van der Waals surface area contributed by atoms with E-state index in [-0.39, 0.29) is 24.4 Å². The maximum absolute atomic E-state index is 11.5. The molecule has 1 aliphatic rings. The Hall–Kier alpha value is -1.46. The summed E-state index contributed by atoms with van der Waals surface area (Å²) < 4.78 is 11.1. The topological polar surface area (TPSA) is 59.6 Å². The predicted molar refractivity (Wildman–Crippen MR) is 79.8 cm³/mol. The molecule has 2 rings (SSSR count). The molecular formula is C14H21ClN2O3. The molecule has 0 spiro atoms. The average molecular weight is 301 g/mol. The second-order valence-electron chi connectivity index (χ2n) is 4.71. The Morgan fingerprint density at radius 1 is 1.50 bits per heavy atom. The molecule has 5 nitrogen and oxygen atoms in total. The molecule has 112 valence electrons. The summed E-state index contributed by atoms with van der Waals surface area (Å²) in [5.74, 6) is 1.65. The number of halogens is 1. The number of ether oxygens (including phenoxy) is 2. The van der Waals surface area contributed by atoms with Crippen LogP contribution < -0.4 is 20.1 Å². The van der Waals surface area contributed by atoms with Crippen molar-refractivity contribution in [3.05, 3.63) is 23.3 Å². The summed E-state index contributed by atoms with van der Waals surface area (Å²) >= 11 is 0. The largest absolute Gasteiger partial charge is 0.496 e.